The van der Waals surface area contributed by atoms with Crippen LogP contribution in [0.1, 0.15) is 15.9 Å². The SMILES string of the molecule is COc1ccc(-c2ccc(OCc3ccccc3)c(C=O)c2)cc1. The molecule has 0 heterocycles. The molecular weight excluding hydrogens is 300 g/mol. The first-order chi connectivity index (χ1) is 11.8. The van der Waals surface area contributed by atoms with E-state index in [0.29, 0.717) is 17.9 Å². The van der Waals surface area contributed by atoms with Crippen LogP contribution in [-0.2, 0) is 6.61 Å². The number of aldehydes is 1. The van der Waals surface area contributed by atoms with E-state index in [4.69, 9.17) is 9.47 Å². The Kier molecular flexibility index (Phi) is 4.92. The molecule has 0 fully saturated rings. The minimum Gasteiger partial charge on any atom is -0.497 e. The minimum absolute atomic E-state index is 0.434. The van der Waals surface area contributed by atoms with Crippen molar-refractivity contribution in [3.05, 3.63) is 83.9 Å². The molecule has 0 amide bonds. The number of ether oxygens (including phenoxy) is 2. The minimum atomic E-state index is 0.434. The third-order valence-corrected chi connectivity index (χ3v) is 3.80. The van der Waals surface area contributed by atoms with Crippen LogP contribution in [0.3, 0.4) is 0 Å². The molecule has 0 atom stereocenters. The standard InChI is InChI=1S/C21H18O3/c1-23-20-10-7-17(8-11-20)18-9-12-21(19(13-18)14-22)24-15-16-5-3-2-4-6-16/h2-14H,15H2,1H3. The van der Waals surface area contributed by atoms with Crippen LogP contribution in [0.25, 0.3) is 11.1 Å². The molecule has 24 heavy (non-hydrogen) atoms. The van der Waals surface area contributed by atoms with E-state index in [1.807, 2.05) is 72.8 Å². The molecule has 0 aliphatic carbocycles. The fourth-order valence-electron chi connectivity index (χ4n) is 2.47. The second-order valence-electron chi connectivity index (χ2n) is 5.37. The topological polar surface area (TPSA) is 35.5 Å². The molecule has 0 radical (unpaired) electrons. The van der Waals surface area contributed by atoms with Gasteiger partial charge in [0.05, 0.1) is 12.7 Å². The zero-order valence-electron chi connectivity index (χ0n) is 13.4. The molecule has 3 rings (SSSR count). The summed E-state index contributed by atoms with van der Waals surface area (Å²) in [6, 6.07) is 23.2. The molecule has 0 aliphatic heterocycles. The van der Waals surface area contributed by atoms with Crippen LogP contribution < -0.4 is 9.47 Å². The Labute approximate surface area is 141 Å². The van der Waals surface area contributed by atoms with Crippen LogP contribution in [0.2, 0.25) is 0 Å². The predicted molar refractivity (Wildman–Crippen MR) is 94.6 cm³/mol. The number of hydrogen-bond acceptors (Lipinski definition) is 3. The summed E-state index contributed by atoms with van der Waals surface area (Å²) >= 11 is 0. The first-order valence-electron chi connectivity index (χ1n) is 7.70. The van der Waals surface area contributed by atoms with Crippen molar-refractivity contribution in [2.24, 2.45) is 0 Å². The average molecular weight is 318 g/mol. The average Bonchev–Trinajstić information content (AvgIpc) is 2.67. The lowest BCUT2D eigenvalue weighted by Crippen LogP contribution is -1.98. The van der Waals surface area contributed by atoms with Gasteiger partial charge in [0.1, 0.15) is 18.1 Å². The molecule has 0 spiro atoms. The Bertz CT molecular complexity index is 808. The molecule has 3 heteroatoms. The van der Waals surface area contributed by atoms with E-state index in [1.165, 1.54) is 0 Å². The molecule has 0 N–H and O–H groups in total. The summed E-state index contributed by atoms with van der Waals surface area (Å²) in [5.41, 5.74) is 3.59. The molecule has 0 unspecified atom stereocenters. The second kappa shape index (κ2) is 7.47. The normalized spacial score (nSPS) is 10.2. The lowest BCUT2D eigenvalue weighted by atomic mass is 10.0. The van der Waals surface area contributed by atoms with Gasteiger partial charge in [0.2, 0.25) is 0 Å². The van der Waals surface area contributed by atoms with Crippen LogP contribution >= 0.6 is 0 Å². The van der Waals surface area contributed by atoms with E-state index in [-0.39, 0.29) is 0 Å². The van der Waals surface area contributed by atoms with Crippen LogP contribution in [-0.4, -0.2) is 13.4 Å². The van der Waals surface area contributed by atoms with Crippen LogP contribution in [0.5, 0.6) is 11.5 Å². The van der Waals surface area contributed by atoms with Gasteiger partial charge in [0, 0.05) is 0 Å². The van der Waals surface area contributed by atoms with Crippen LogP contribution in [0.15, 0.2) is 72.8 Å². The molecule has 0 aromatic heterocycles. The van der Waals surface area contributed by atoms with Crippen molar-refractivity contribution < 1.29 is 14.3 Å². The van der Waals surface area contributed by atoms with Crippen molar-refractivity contribution in [2.75, 3.05) is 7.11 Å². The fraction of sp³-hybridized carbons (Fsp3) is 0.0952. The zero-order chi connectivity index (χ0) is 16.8. The third kappa shape index (κ3) is 3.63. The second-order valence-corrected chi connectivity index (χ2v) is 5.37. The van der Waals surface area contributed by atoms with Gasteiger partial charge in [0.25, 0.3) is 0 Å². The highest BCUT2D eigenvalue weighted by atomic mass is 16.5. The van der Waals surface area contributed by atoms with E-state index >= 15 is 0 Å². The maximum atomic E-state index is 11.4. The van der Waals surface area contributed by atoms with Crippen molar-refractivity contribution in [3.63, 3.8) is 0 Å². The molecular formula is C21H18O3. The Hall–Kier alpha value is -3.07. The highest BCUT2D eigenvalue weighted by molar-refractivity contribution is 5.83. The largest absolute Gasteiger partial charge is 0.497 e. The van der Waals surface area contributed by atoms with E-state index in [0.717, 1.165) is 28.7 Å². The predicted octanol–water partition coefficient (Wildman–Crippen LogP) is 4.75. The highest BCUT2D eigenvalue weighted by Gasteiger charge is 2.07. The number of carbonyl (C=O) groups excluding carboxylic acids is 1. The lowest BCUT2D eigenvalue weighted by molar-refractivity contribution is 0.111. The van der Waals surface area contributed by atoms with Gasteiger partial charge in [-0.1, -0.05) is 48.5 Å². The summed E-state index contributed by atoms with van der Waals surface area (Å²) in [5.74, 6) is 1.39. The van der Waals surface area contributed by atoms with Gasteiger partial charge in [-0.3, -0.25) is 4.79 Å². The highest BCUT2D eigenvalue weighted by Crippen LogP contribution is 2.27. The molecule has 0 saturated heterocycles. The third-order valence-electron chi connectivity index (χ3n) is 3.80. The number of rotatable bonds is 6. The summed E-state index contributed by atoms with van der Waals surface area (Å²) in [6.07, 6.45) is 0.827. The summed E-state index contributed by atoms with van der Waals surface area (Å²) in [6.45, 7) is 0.434. The Morgan fingerprint density at radius 1 is 0.875 bits per heavy atom. The van der Waals surface area contributed by atoms with Crippen molar-refractivity contribution in [1.29, 1.82) is 0 Å². The van der Waals surface area contributed by atoms with Gasteiger partial charge < -0.3 is 9.47 Å². The maximum absolute atomic E-state index is 11.4. The Morgan fingerprint density at radius 2 is 1.58 bits per heavy atom. The van der Waals surface area contributed by atoms with Crippen molar-refractivity contribution in [3.8, 4) is 22.6 Å². The quantitative estimate of drug-likeness (QED) is 0.615. The van der Waals surface area contributed by atoms with Crippen LogP contribution in [0, 0.1) is 0 Å². The molecule has 0 aliphatic rings. The van der Waals surface area contributed by atoms with E-state index in [2.05, 4.69) is 0 Å². The van der Waals surface area contributed by atoms with Gasteiger partial charge in [-0.05, 0) is 41.0 Å². The summed E-state index contributed by atoms with van der Waals surface area (Å²) in [5, 5.41) is 0. The van der Waals surface area contributed by atoms with Gasteiger partial charge in [-0.25, -0.2) is 0 Å². The number of benzene rings is 3. The molecule has 3 aromatic carbocycles. The number of methoxy groups -OCH3 is 1. The molecule has 0 saturated carbocycles. The molecule has 0 bridgehead atoms. The zero-order valence-corrected chi connectivity index (χ0v) is 13.4. The lowest BCUT2D eigenvalue weighted by Gasteiger charge is -2.11. The maximum Gasteiger partial charge on any atom is 0.153 e. The Morgan fingerprint density at radius 3 is 2.25 bits per heavy atom. The van der Waals surface area contributed by atoms with Crippen LogP contribution in [0.4, 0.5) is 0 Å². The number of carbonyl (C=O) groups is 1. The van der Waals surface area contributed by atoms with Crippen molar-refractivity contribution in [1.82, 2.24) is 0 Å². The van der Waals surface area contributed by atoms with Crippen molar-refractivity contribution >= 4 is 6.29 Å². The van der Waals surface area contributed by atoms with E-state index in [9.17, 15) is 4.79 Å². The molecule has 3 nitrogen and oxygen atoms in total. The first kappa shape index (κ1) is 15.8. The monoisotopic (exact) mass is 318 g/mol. The van der Waals surface area contributed by atoms with Gasteiger partial charge in [0.15, 0.2) is 6.29 Å². The number of hydrogen-bond donors (Lipinski definition) is 0. The molecule has 3 aromatic rings. The summed E-state index contributed by atoms with van der Waals surface area (Å²) in [7, 11) is 1.64. The van der Waals surface area contributed by atoms with E-state index < -0.39 is 0 Å². The van der Waals surface area contributed by atoms with Gasteiger partial charge >= 0.3 is 0 Å². The van der Waals surface area contributed by atoms with E-state index in [1.54, 1.807) is 7.11 Å². The Balaban J connectivity index is 1.80. The van der Waals surface area contributed by atoms with Gasteiger partial charge in [-0.2, -0.15) is 0 Å². The van der Waals surface area contributed by atoms with Gasteiger partial charge in [-0.15, -0.1) is 0 Å². The smallest absolute Gasteiger partial charge is 0.153 e. The fourth-order valence-corrected chi connectivity index (χ4v) is 2.47. The summed E-state index contributed by atoms with van der Waals surface area (Å²) in [4.78, 5) is 11.4. The summed E-state index contributed by atoms with van der Waals surface area (Å²) < 4.78 is 11.0. The van der Waals surface area contributed by atoms with Crippen molar-refractivity contribution in [2.45, 2.75) is 6.61 Å². The molecule has 120 valence electrons. The first-order valence-corrected chi connectivity index (χ1v) is 7.70.